The van der Waals surface area contributed by atoms with Crippen molar-refractivity contribution in [3.05, 3.63) is 35.6 Å². The van der Waals surface area contributed by atoms with E-state index < -0.39 is 10.0 Å². The van der Waals surface area contributed by atoms with Crippen molar-refractivity contribution in [3.8, 4) is 0 Å². The minimum Gasteiger partial charge on any atom is -0.303 e. The lowest BCUT2D eigenvalue weighted by Crippen LogP contribution is -2.39. The van der Waals surface area contributed by atoms with Crippen molar-refractivity contribution in [1.29, 1.82) is 0 Å². The van der Waals surface area contributed by atoms with Gasteiger partial charge < -0.3 is 4.90 Å². The van der Waals surface area contributed by atoms with Gasteiger partial charge >= 0.3 is 0 Å². The minimum atomic E-state index is -3.18. The maximum Gasteiger partial charge on any atom is 0.211 e. The van der Waals surface area contributed by atoms with E-state index in [1.54, 1.807) is 0 Å². The molecule has 1 fully saturated rings. The van der Waals surface area contributed by atoms with Gasteiger partial charge in [-0.25, -0.2) is 17.5 Å². The van der Waals surface area contributed by atoms with Crippen molar-refractivity contribution >= 4 is 15.8 Å². The summed E-state index contributed by atoms with van der Waals surface area (Å²) in [5, 5.41) is 0. The number of Topliss-reactive ketones (excluding diaryl/α,β-unsaturated/α-hetero) is 1. The summed E-state index contributed by atoms with van der Waals surface area (Å²) in [5.74, 6) is -0.318. The monoisotopic (exact) mass is 342 g/mol. The SMILES string of the molecule is CNS(=O)(=O)CCCN1CCCC(C(=O)c2ccc(F)cc2)C1. The van der Waals surface area contributed by atoms with Crippen LogP contribution in [0.3, 0.4) is 0 Å². The predicted molar refractivity (Wildman–Crippen MR) is 87.4 cm³/mol. The maximum atomic E-state index is 12.9. The van der Waals surface area contributed by atoms with Gasteiger partial charge in [-0.2, -0.15) is 0 Å². The number of likely N-dealkylation sites (tertiary alicyclic amines) is 1. The first-order valence-corrected chi connectivity index (χ1v) is 9.50. The largest absolute Gasteiger partial charge is 0.303 e. The van der Waals surface area contributed by atoms with Gasteiger partial charge in [0.15, 0.2) is 5.78 Å². The number of nitrogens with one attached hydrogen (secondary N) is 1. The Balaban J connectivity index is 1.88. The second kappa shape index (κ2) is 7.99. The molecule has 0 bridgehead atoms. The molecule has 1 saturated heterocycles. The van der Waals surface area contributed by atoms with E-state index in [2.05, 4.69) is 9.62 Å². The zero-order valence-electron chi connectivity index (χ0n) is 13.3. The third-order valence-corrected chi connectivity index (χ3v) is 5.65. The lowest BCUT2D eigenvalue weighted by molar-refractivity contribution is 0.0820. The number of sulfonamides is 1. The number of nitrogens with zero attached hydrogens (tertiary/aromatic N) is 1. The molecule has 0 aliphatic carbocycles. The van der Waals surface area contributed by atoms with Crippen LogP contribution in [0.5, 0.6) is 0 Å². The third-order valence-electron chi connectivity index (χ3n) is 4.20. The van der Waals surface area contributed by atoms with Crippen LogP contribution in [0.4, 0.5) is 4.39 Å². The average Bonchev–Trinajstić information content (AvgIpc) is 2.55. The molecular weight excluding hydrogens is 319 g/mol. The van der Waals surface area contributed by atoms with Crippen LogP contribution in [-0.2, 0) is 10.0 Å². The van der Waals surface area contributed by atoms with Crippen molar-refractivity contribution in [2.75, 3.05) is 32.4 Å². The lowest BCUT2D eigenvalue weighted by atomic mass is 9.90. The number of ketones is 1. The Morgan fingerprint density at radius 2 is 2.04 bits per heavy atom. The Morgan fingerprint density at radius 1 is 1.35 bits per heavy atom. The first-order valence-electron chi connectivity index (χ1n) is 7.84. The first-order chi connectivity index (χ1) is 10.9. The summed E-state index contributed by atoms with van der Waals surface area (Å²) in [6.45, 7) is 2.18. The van der Waals surface area contributed by atoms with Gasteiger partial charge in [0, 0.05) is 18.0 Å². The second-order valence-electron chi connectivity index (χ2n) is 5.89. The Hall–Kier alpha value is -1.31. The highest BCUT2D eigenvalue weighted by Gasteiger charge is 2.26. The number of halogens is 1. The van der Waals surface area contributed by atoms with Crippen LogP contribution in [0.15, 0.2) is 24.3 Å². The summed E-state index contributed by atoms with van der Waals surface area (Å²) in [7, 11) is -1.77. The van der Waals surface area contributed by atoms with E-state index in [0.29, 0.717) is 25.1 Å². The fourth-order valence-corrected chi connectivity index (χ4v) is 3.62. The maximum absolute atomic E-state index is 12.9. The van der Waals surface area contributed by atoms with Crippen LogP contribution >= 0.6 is 0 Å². The zero-order valence-corrected chi connectivity index (χ0v) is 14.1. The average molecular weight is 342 g/mol. The third kappa shape index (κ3) is 5.37. The molecule has 0 saturated carbocycles. The van der Waals surface area contributed by atoms with Gasteiger partial charge in [-0.05, 0) is 63.7 Å². The van der Waals surface area contributed by atoms with E-state index in [-0.39, 0.29) is 23.3 Å². The molecule has 1 atom stereocenters. The normalized spacial score (nSPS) is 19.7. The van der Waals surface area contributed by atoms with Crippen molar-refractivity contribution in [1.82, 2.24) is 9.62 Å². The molecular formula is C16H23FN2O3S. The van der Waals surface area contributed by atoms with Gasteiger partial charge in [0.25, 0.3) is 0 Å². The molecule has 1 unspecified atom stereocenters. The van der Waals surface area contributed by atoms with E-state index in [1.807, 2.05) is 0 Å². The highest BCUT2D eigenvalue weighted by Crippen LogP contribution is 2.21. The molecule has 23 heavy (non-hydrogen) atoms. The van der Waals surface area contributed by atoms with Crippen molar-refractivity contribution in [2.45, 2.75) is 19.3 Å². The summed E-state index contributed by atoms with van der Waals surface area (Å²) in [6.07, 6.45) is 2.28. The van der Waals surface area contributed by atoms with Gasteiger partial charge in [-0.3, -0.25) is 4.79 Å². The fraction of sp³-hybridized carbons (Fsp3) is 0.562. The van der Waals surface area contributed by atoms with Crippen LogP contribution in [0.25, 0.3) is 0 Å². The number of hydrogen-bond acceptors (Lipinski definition) is 4. The molecule has 128 valence electrons. The molecule has 1 aliphatic rings. The van der Waals surface area contributed by atoms with Crippen molar-refractivity contribution < 1.29 is 17.6 Å². The molecule has 0 amide bonds. The van der Waals surface area contributed by atoms with Gasteiger partial charge in [-0.1, -0.05) is 0 Å². The van der Waals surface area contributed by atoms with E-state index in [9.17, 15) is 17.6 Å². The molecule has 5 nitrogen and oxygen atoms in total. The summed E-state index contributed by atoms with van der Waals surface area (Å²) in [6, 6.07) is 5.65. The molecule has 0 aromatic heterocycles. The van der Waals surface area contributed by atoms with Crippen molar-refractivity contribution in [3.63, 3.8) is 0 Å². The van der Waals surface area contributed by atoms with Gasteiger partial charge in [0.1, 0.15) is 5.82 Å². The first kappa shape index (κ1) is 18.0. The standard InChI is InChI=1S/C16H23FN2O3S/c1-18-23(21,22)11-3-10-19-9-2-4-14(12-19)16(20)13-5-7-15(17)8-6-13/h5-8,14,18H,2-4,9-12H2,1H3. The van der Waals surface area contributed by atoms with Gasteiger partial charge in [0.2, 0.25) is 10.0 Å². The summed E-state index contributed by atoms with van der Waals surface area (Å²) in [5.41, 5.74) is 0.538. The van der Waals surface area contributed by atoms with Crippen molar-refractivity contribution in [2.24, 2.45) is 5.92 Å². The Bertz CT molecular complexity index is 631. The van der Waals surface area contributed by atoms with Crippen LogP contribution in [0, 0.1) is 11.7 Å². The molecule has 7 heteroatoms. The lowest BCUT2D eigenvalue weighted by Gasteiger charge is -2.32. The number of benzene rings is 1. The number of carbonyl (C=O) groups is 1. The number of hydrogen-bond donors (Lipinski definition) is 1. The van der Waals surface area contributed by atoms with E-state index in [1.165, 1.54) is 31.3 Å². The topological polar surface area (TPSA) is 66.5 Å². The minimum absolute atomic E-state index is 0.0394. The molecule has 0 spiro atoms. The molecule has 1 heterocycles. The van der Waals surface area contributed by atoms with Crippen LogP contribution < -0.4 is 4.72 Å². The zero-order chi connectivity index (χ0) is 16.9. The van der Waals surface area contributed by atoms with Gasteiger partial charge in [-0.15, -0.1) is 0 Å². The number of carbonyl (C=O) groups excluding carboxylic acids is 1. The Kier molecular flexibility index (Phi) is 6.26. The highest BCUT2D eigenvalue weighted by atomic mass is 32.2. The van der Waals surface area contributed by atoms with E-state index >= 15 is 0 Å². The van der Waals surface area contributed by atoms with E-state index in [0.717, 1.165) is 19.4 Å². The summed E-state index contributed by atoms with van der Waals surface area (Å²) in [4.78, 5) is 14.6. The number of rotatable bonds is 7. The van der Waals surface area contributed by atoms with E-state index in [4.69, 9.17) is 0 Å². The Labute approximate surface area is 136 Å². The molecule has 0 radical (unpaired) electrons. The molecule has 1 N–H and O–H groups in total. The molecule has 1 aromatic carbocycles. The van der Waals surface area contributed by atoms with Crippen LogP contribution in [0.1, 0.15) is 29.6 Å². The quantitative estimate of drug-likeness (QED) is 0.766. The highest BCUT2D eigenvalue weighted by molar-refractivity contribution is 7.89. The molecule has 1 aromatic rings. The Morgan fingerprint density at radius 3 is 2.70 bits per heavy atom. The molecule has 2 rings (SSSR count). The molecule has 1 aliphatic heterocycles. The van der Waals surface area contributed by atoms with Crippen LogP contribution in [0.2, 0.25) is 0 Å². The van der Waals surface area contributed by atoms with Crippen LogP contribution in [-0.4, -0.2) is 51.5 Å². The predicted octanol–water partition coefficient (Wildman–Crippen LogP) is 1.66. The number of piperidine rings is 1. The summed E-state index contributed by atoms with van der Waals surface area (Å²) >= 11 is 0. The smallest absolute Gasteiger partial charge is 0.211 e. The van der Waals surface area contributed by atoms with Gasteiger partial charge in [0.05, 0.1) is 5.75 Å². The summed E-state index contributed by atoms with van der Waals surface area (Å²) < 4.78 is 38.1. The second-order valence-corrected chi connectivity index (χ2v) is 7.93. The fourth-order valence-electron chi connectivity index (χ4n) is 2.90.